The first-order valence-electron chi connectivity index (χ1n) is 8.25. The Bertz CT molecular complexity index is 1000. The molecule has 0 unspecified atom stereocenters. The molecule has 0 saturated carbocycles. The maximum Gasteiger partial charge on any atom is 0.196 e. The number of benzene rings is 3. The van der Waals surface area contributed by atoms with Crippen LogP contribution >= 0.6 is 11.8 Å². The van der Waals surface area contributed by atoms with E-state index in [0.717, 1.165) is 22.2 Å². The summed E-state index contributed by atoms with van der Waals surface area (Å²) < 4.78 is 15.9. The Morgan fingerprint density at radius 1 is 0.769 bits per heavy atom. The summed E-state index contributed by atoms with van der Waals surface area (Å²) in [6, 6.07) is 26.7. The van der Waals surface area contributed by atoms with Gasteiger partial charge in [-0.05, 0) is 23.8 Å². The van der Waals surface area contributed by atoms with Crippen molar-refractivity contribution in [3.8, 4) is 17.1 Å². The molecule has 0 N–H and O–H groups in total. The van der Waals surface area contributed by atoms with E-state index >= 15 is 0 Å². The number of halogens is 1. The van der Waals surface area contributed by atoms with Crippen LogP contribution in [0.4, 0.5) is 4.39 Å². The van der Waals surface area contributed by atoms with Gasteiger partial charge in [0.1, 0.15) is 5.82 Å². The number of thioether (sulfide) groups is 1. The molecule has 0 saturated heterocycles. The Kier molecular flexibility index (Phi) is 4.80. The average molecular weight is 361 g/mol. The van der Waals surface area contributed by atoms with Gasteiger partial charge in [0.15, 0.2) is 11.0 Å². The molecule has 0 aliphatic carbocycles. The molecule has 0 amide bonds. The molecule has 26 heavy (non-hydrogen) atoms. The third kappa shape index (κ3) is 3.39. The molecule has 0 aliphatic rings. The van der Waals surface area contributed by atoms with Crippen LogP contribution in [-0.2, 0) is 5.75 Å². The summed E-state index contributed by atoms with van der Waals surface area (Å²) >= 11 is 1.47. The van der Waals surface area contributed by atoms with Crippen molar-refractivity contribution < 1.29 is 4.39 Å². The summed E-state index contributed by atoms with van der Waals surface area (Å²) in [7, 11) is 0. The molecule has 128 valence electrons. The average Bonchev–Trinajstić information content (AvgIpc) is 3.13. The highest BCUT2D eigenvalue weighted by atomic mass is 32.2. The maximum atomic E-state index is 13.9. The van der Waals surface area contributed by atoms with E-state index in [-0.39, 0.29) is 5.82 Å². The summed E-state index contributed by atoms with van der Waals surface area (Å²) in [5.41, 5.74) is 2.62. The highest BCUT2D eigenvalue weighted by Gasteiger charge is 2.16. The molecule has 0 atom stereocenters. The maximum absolute atomic E-state index is 13.9. The number of hydrogen-bond donors (Lipinski definition) is 0. The van der Waals surface area contributed by atoms with Crippen molar-refractivity contribution in [3.63, 3.8) is 0 Å². The quantitative estimate of drug-likeness (QED) is 0.448. The fourth-order valence-corrected chi connectivity index (χ4v) is 3.64. The van der Waals surface area contributed by atoms with E-state index < -0.39 is 0 Å². The Morgan fingerprint density at radius 2 is 1.42 bits per heavy atom. The van der Waals surface area contributed by atoms with Gasteiger partial charge in [0.2, 0.25) is 0 Å². The summed E-state index contributed by atoms with van der Waals surface area (Å²) in [5, 5.41) is 9.50. The first-order chi connectivity index (χ1) is 12.8. The van der Waals surface area contributed by atoms with E-state index in [2.05, 4.69) is 10.2 Å². The van der Waals surface area contributed by atoms with Gasteiger partial charge >= 0.3 is 0 Å². The SMILES string of the molecule is Fc1ccccc1CSc1nnc(-c2ccccc2)n1-c1ccccc1. The van der Waals surface area contributed by atoms with Crippen molar-refractivity contribution in [3.05, 3.63) is 96.3 Å². The molecule has 0 spiro atoms. The zero-order valence-electron chi connectivity index (χ0n) is 13.9. The van der Waals surface area contributed by atoms with Crippen LogP contribution in [0.5, 0.6) is 0 Å². The highest BCUT2D eigenvalue weighted by Crippen LogP contribution is 2.30. The second-order valence-electron chi connectivity index (χ2n) is 5.72. The number of para-hydroxylation sites is 1. The molecule has 3 nitrogen and oxygen atoms in total. The lowest BCUT2D eigenvalue weighted by atomic mass is 10.2. The minimum absolute atomic E-state index is 0.200. The Morgan fingerprint density at radius 3 is 2.15 bits per heavy atom. The lowest BCUT2D eigenvalue weighted by molar-refractivity contribution is 0.617. The van der Waals surface area contributed by atoms with Gasteiger partial charge in [-0.25, -0.2) is 4.39 Å². The van der Waals surface area contributed by atoms with Crippen molar-refractivity contribution in [2.24, 2.45) is 0 Å². The molecule has 0 fully saturated rings. The van der Waals surface area contributed by atoms with Gasteiger partial charge in [-0.15, -0.1) is 10.2 Å². The van der Waals surface area contributed by atoms with Gasteiger partial charge in [-0.2, -0.15) is 0 Å². The molecule has 1 aromatic heterocycles. The van der Waals surface area contributed by atoms with Gasteiger partial charge in [-0.1, -0.05) is 78.5 Å². The molecule has 5 heteroatoms. The van der Waals surface area contributed by atoms with Crippen LogP contribution in [0, 0.1) is 5.82 Å². The third-order valence-electron chi connectivity index (χ3n) is 3.99. The molecular formula is C21H16FN3S. The normalized spacial score (nSPS) is 10.8. The van der Waals surface area contributed by atoms with E-state index in [0.29, 0.717) is 11.3 Å². The minimum Gasteiger partial charge on any atom is -0.270 e. The van der Waals surface area contributed by atoms with Gasteiger partial charge in [0, 0.05) is 17.0 Å². The number of aromatic nitrogens is 3. The van der Waals surface area contributed by atoms with Crippen LogP contribution in [0.15, 0.2) is 90.1 Å². The molecule has 4 aromatic rings. The van der Waals surface area contributed by atoms with Crippen LogP contribution in [0.1, 0.15) is 5.56 Å². The Labute approximate surface area is 155 Å². The largest absolute Gasteiger partial charge is 0.270 e. The van der Waals surface area contributed by atoms with Crippen molar-refractivity contribution >= 4 is 11.8 Å². The minimum atomic E-state index is -0.200. The predicted octanol–water partition coefficient (Wildman–Crippen LogP) is 5.37. The second-order valence-corrected chi connectivity index (χ2v) is 6.67. The fraction of sp³-hybridized carbons (Fsp3) is 0.0476. The first kappa shape index (κ1) is 16.5. The molecule has 1 heterocycles. The molecule has 0 bridgehead atoms. The lowest BCUT2D eigenvalue weighted by Gasteiger charge is -2.10. The van der Waals surface area contributed by atoms with Crippen molar-refractivity contribution in [1.29, 1.82) is 0 Å². The fourth-order valence-electron chi connectivity index (χ4n) is 2.71. The molecule has 3 aromatic carbocycles. The molecular weight excluding hydrogens is 345 g/mol. The van der Waals surface area contributed by atoms with Crippen LogP contribution in [0.3, 0.4) is 0 Å². The van der Waals surface area contributed by atoms with E-state index in [1.54, 1.807) is 12.1 Å². The van der Waals surface area contributed by atoms with Crippen molar-refractivity contribution in [2.45, 2.75) is 10.9 Å². The van der Waals surface area contributed by atoms with Crippen LogP contribution in [0.2, 0.25) is 0 Å². The Hall–Kier alpha value is -2.92. The number of hydrogen-bond acceptors (Lipinski definition) is 3. The topological polar surface area (TPSA) is 30.7 Å². The van der Waals surface area contributed by atoms with Gasteiger partial charge in [0.05, 0.1) is 0 Å². The van der Waals surface area contributed by atoms with Crippen LogP contribution in [-0.4, -0.2) is 14.8 Å². The van der Waals surface area contributed by atoms with E-state index in [4.69, 9.17) is 0 Å². The zero-order valence-corrected chi connectivity index (χ0v) is 14.7. The number of nitrogens with zero attached hydrogens (tertiary/aromatic N) is 3. The summed E-state index contributed by atoms with van der Waals surface area (Å²) in [5.74, 6) is 1.06. The van der Waals surface area contributed by atoms with E-state index in [1.807, 2.05) is 71.3 Å². The van der Waals surface area contributed by atoms with Crippen LogP contribution in [0.25, 0.3) is 17.1 Å². The van der Waals surface area contributed by atoms with Gasteiger partial charge < -0.3 is 0 Å². The van der Waals surface area contributed by atoms with E-state index in [1.165, 1.54) is 17.8 Å². The summed E-state index contributed by atoms with van der Waals surface area (Å²) in [6.45, 7) is 0. The highest BCUT2D eigenvalue weighted by molar-refractivity contribution is 7.98. The van der Waals surface area contributed by atoms with E-state index in [9.17, 15) is 4.39 Å². The monoisotopic (exact) mass is 361 g/mol. The molecule has 4 rings (SSSR count). The van der Waals surface area contributed by atoms with Gasteiger partial charge in [-0.3, -0.25) is 4.57 Å². The first-order valence-corrected chi connectivity index (χ1v) is 9.24. The van der Waals surface area contributed by atoms with Crippen LogP contribution < -0.4 is 0 Å². The lowest BCUT2D eigenvalue weighted by Crippen LogP contribution is -1.99. The summed E-state index contributed by atoms with van der Waals surface area (Å²) in [6.07, 6.45) is 0. The molecule has 0 radical (unpaired) electrons. The summed E-state index contributed by atoms with van der Waals surface area (Å²) in [4.78, 5) is 0. The zero-order chi connectivity index (χ0) is 17.8. The smallest absolute Gasteiger partial charge is 0.196 e. The second kappa shape index (κ2) is 7.54. The van der Waals surface area contributed by atoms with Crippen molar-refractivity contribution in [1.82, 2.24) is 14.8 Å². The Balaban J connectivity index is 1.73. The van der Waals surface area contributed by atoms with Gasteiger partial charge in [0.25, 0.3) is 0 Å². The molecule has 0 aliphatic heterocycles. The predicted molar refractivity (Wildman–Crippen MR) is 103 cm³/mol. The third-order valence-corrected chi connectivity index (χ3v) is 4.97. The number of rotatable bonds is 5. The standard InChI is InChI=1S/C21H16FN3S/c22-19-14-8-7-11-17(19)15-26-21-24-23-20(16-9-3-1-4-10-16)25(21)18-12-5-2-6-13-18/h1-14H,15H2. The van der Waals surface area contributed by atoms with Crippen molar-refractivity contribution in [2.75, 3.05) is 0 Å².